The smallest absolute Gasteiger partial charge is 0.280 e. The van der Waals surface area contributed by atoms with Crippen LogP contribution in [-0.2, 0) is 0 Å². The number of carbonyl (C=O) groups is 1. The SMILES string of the molecule is CC(C)NC(=O)SC1(C)C=CCCCC1. The Hall–Kier alpha value is -0.440. The lowest BCUT2D eigenvalue weighted by Gasteiger charge is -2.23. The molecule has 1 aliphatic carbocycles. The Labute approximate surface area is 96.9 Å². The predicted molar refractivity (Wildman–Crippen MR) is 67.3 cm³/mol. The molecule has 15 heavy (non-hydrogen) atoms. The molecule has 0 aromatic rings. The second-order valence-corrected chi connectivity index (χ2v) is 6.16. The lowest BCUT2D eigenvalue weighted by molar-refractivity contribution is 0.258. The molecule has 1 amide bonds. The average Bonchev–Trinajstić information content (AvgIpc) is 2.27. The van der Waals surface area contributed by atoms with Gasteiger partial charge in [-0.1, -0.05) is 30.3 Å². The van der Waals surface area contributed by atoms with Gasteiger partial charge in [0.25, 0.3) is 5.24 Å². The first-order valence-corrected chi connectivity index (χ1v) is 6.51. The summed E-state index contributed by atoms with van der Waals surface area (Å²) in [7, 11) is 0. The molecule has 1 rings (SSSR count). The van der Waals surface area contributed by atoms with Gasteiger partial charge in [0.1, 0.15) is 0 Å². The van der Waals surface area contributed by atoms with E-state index in [9.17, 15) is 4.79 Å². The molecule has 0 radical (unpaired) electrons. The number of nitrogens with one attached hydrogen (secondary N) is 1. The second kappa shape index (κ2) is 5.59. The van der Waals surface area contributed by atoms with Crippen LogP contribution in [0, 0.1) is 0 Å². The molecule has 0 saturated carbocycles. The predicted octanol–water partition coefficient (Wildman–Crippen LogP) is 3.73. The summed E-state index contributed by atoms with van der Waals surface area (Å²) < 4.78 is -0.00449. The molecule has 0 heterocycles. The Morgan fingerprint density at radius 1 is 1.47 bits per heavy atom. The van der Waals surface area contributed by atoms with Crippen LogP contribution in [0.1, 0.15) is 46.5 Å². The summed E-state index contributed by atoms with van der Waals surface area (Å²) in [5.41, 5.74) is 0. The third-order valence-electron chi connectivity index (χ3n) is 2.50. The van der Waals surface area contributed by atoms with Crippen molar-refractivity contribution in [1.82, 2.24) is 5.32 Å². The molecule has 1 N–H and O–H groups in total. The highest BCUT2D eigenvalue weighted by Crippen LogP contribution is 2.34. The number of carbonyl (C=O) groups excluding carboxylic acids is 1. The molecule has 86 valence electrons. The van der Waals surface area contributed by atoms with Gasteiger partial charge in [0.2, 0.25) is 0 Å². The van der Waals surface area contributed by atoms with E-state index < -0.39 is 0 Å². The monoisotopic (exact) mass is 227 g/mol. The third kappa shape index (κ3) is 4.74. The van der Waals surface area contributed by atoms with Crippen molar-refractivity contribution in [1.29, 1.82) is 0 Å². The van der Waals surface area contributed by atoms with Gasteiger partial charge >= 0.3 is 0 Å². The van der Waals surface area contributed by atoms with Crippen LogP contribution in [0.4, 0.5) is 4.79 Å². The van der Waals surface area contributed by atoms with Crippen molar-refractivity contribution in [3.8, 4) is 0 Å². The van der Waals surface area contributed by atoms with Crippen molar-refractivity contribution < 1.29 is 4.79 Å². The summed E-state index contributed by atoms with van der Waals surface area (Å²) in [4.78, 5) is 11.7. The Morgan fingerprint density at radius 2 is 2.20 bits per heavy atom. The van der Waals surface area contributed by atoms with Gasteiger partial charge in [-0.15, -0.1) is 0 Å². The van der Waals surface area contributed by atoms with Crippen LogP contribution in [0.15, 0.2) is 12.2 Å². The molecule has 0 aromatic heterocycles. The first kappa shape index (κ1) is 12.6. The molecule has 1 aliphatic rings. The summed E-state index contributed by atoms with van der Waals surface area (Å²) in [6.45, 7) is 6.13. The zero-order valence-corrected chi connectivity index (χ0v) is 10.7. The van der Waals surface area contributed by atoms with E-state index in [2.05, 4.69) is 24.4 Å². The summed E-state index contributed by atoms with van der Waals surface area (Å²) in [6.07, 6.45) is 9.12. The average molecular weight is 227 g/mol. The van der Waals surface area contributed by atoms with E-state index in [-0.39, 0.29) is 16.0 Å². The lowest BCUT2D eigenvalue weighted by Crippen LogP contribution is -2.30. The molecule has 1 unspecified atom stereocenters. The van der Waals surface area contributed by atoms with Gasteiger partial charge in [-0.3, -0.25) is 4.79 Å². The minimum Gasteiger partial charge on any atom is -0.345 e. The zero-order chi connectivity index (χ0) is 11.3. The molecule has 3 heteroatoms. The van der Waals surface area contributed by atoms with E-state index in [1.54, 1.807) is 0 Å². The fourth-order valence-corrected chi connectivity index (χ4v) is 2.84. The molecular formula is C12H21NOS. The Balaban J connectivity index is 2.50. The molecule has 0 saturated heterocycles. The highest BCUT2D eigenvalue weighted by atomic mass is 32.2. The standard InChI is InChI=1S/C12H21NOS/c1-10(2)13-11(14)15-12(3)8-6-4-5-7-9-12/h6,8,10H,4-5,7,9H2,1-3H3,(H,13,14). The molecular weight excluding hydrogens is 206 g/mol. The van der Waals surface area contributed by atoms with Gasteiger partial charge < -0.3 is 5.32 Å². The van der Waals surface area contributed by atoms with Crippen LogP contribution in [-0.4, -0.2) is 16.0 Å². The maximum absolute atomic E-state index is 11.7. The number of rotatable bonds is 2. The van der Waals surface area contributed by atoms with Gasteiger partial charge in [0.15, 0.2) is 0 Å². The lowest BCUT2D eigenvalue weighted by atomic mass is 10.1. The third-order valence-corrected chi connectivity index (χ3v) is 3.61. The van der Waals surface area contributed by atoms with Gasteiger partial charge in [0.05, 0.1) is 0 Å². The fourth-order valence-electron chi connectivity index (χ4n) is 1.72. The summed E-state index contributed by atoms with van der Waals surface area (Å²) in [5.74, 6) is 0. The first-order valence-electron chi connectivity index (χ1n) is 5.69. The van der Waals surface area contributed by atoms with Crippen LogP contribution in [0.25, 0.3) is 0 Å². The Bertz CT molecular complexity index is 250. The maximum atomic E-state index is 11.7. The van der Waals surface area contributed by atoms with Crippen LogP contribution in [0.2, 0.25) is 0 Å². The Kier molecular flexibility index (Phi) is 4.71. The van der Waals surface area contributed by atoms with Crippen molar-refractivity contribution >= 4 is 17.0 Å². The fraction of sp³-hybridized carbons (Fsp3) is 0.750. The molecule has 0 spiro atoms. The van der Waals surface area contributed by atoms with Crippen LogP contribution < -0.4 is 5.32 Å². The molecule has 0 aliphatic heterocycles. The normalized spacial score (nSPS) is 26.4. The largest absolute Gasteiger partial charge is 0.345 e. The quantitative estimate of drug-likeness (QED) is 0.728. The molecule has 2 nitrogen and oxygen atoms in total. The van der Waals surface area contributed by atoms with Gasteiger partial charge in [-0.25, -0.2) is 0 Å². The van der Waals surface area contributed by atoms with Gasteiger partial charge in [-0.05, 0) is 40.0 Å². The van der Waals surface area contributed by atoms with E-state index in [0.29, 0.717) is 0 Å². The Morgan fingerprint density at radius 3 is 2.87 bits per heavy atom. The summed E-state index contributed by atoms with van der Waals surface area (Å²) >= 11 is 1.43. The van der Waals surface area contributed by atoms with E-state index in [0.717, 1.165) is 12.8 Å². The van der Waals surface area contributed by atoms with Gasteiger partial charge in [-0.2, -0.15) is 0 Å². The van der Waals surface area contributed by atoms with Gasteiger partial charge in [0, 0.05) is 10.8 Å². The van der Waals surface area contributed by atoms with Crippen molar-refractivity contribution in [3.05, 3.63) is 12.2 Å². The summed E-state index contributed by atoms with van der Waals surface area (Å²) in [5, 5.41) is 3.02. The van der Waals surface area contributed by atoms with Crippen molar-refractivity contribution in [2.24, 2.45) is 0 Å². The minimum atomic E-state index is -0.00449. The highest BCUT2D eigenvalue weighted by molar-refractivity contribution is 8.14. The highest BCUT2D eigenvalue weighted by Gasteiger charge is 2.26. The number of allylic oxidation sites excluding steroid dienone is 1. The van der Waals surface area contributed by atoms with E-state index in [1.165, 1.54) is 24.6 Å². The molecule has 0 fully saturated rings. The van der Waals surface area contributed by atoms with Crippen molar-refractivity contribution in [3.63, 3.8) is 0 Å². The van der Waals surface area contributed by atoms with E-state index in [4.69, 9.17) is 0 Å². The van der Waals surface area contributed by atoms with Crippen LogP contribution in [0.5, 0.6) is 0 Å². The number of thioether (sulfide) groups is 1. The van der Waals surface area contributed by atoms with Crippen molar-refractivity contribution in [2.75, 3.05) is 0 Å². The summed E-state index contributed by atoms with van der Waals surface area (Å²) in [6, 6.07) is 0.225. The molecule has 0 aromatic carbocycles. The van der Waals surface area contributed by atoms with Crippen LogP contribution in [0.3, 0.4) is 0 Å². The number of hydrogen-bond acceptors (Lipinski definition) is 2. The zero-order valence-electron chi connectivity index (χ0n) is 9.88. The van der Waals surface area contributed by atoms with Crippen LogP contribution >= 0.6 is 11.8 Å². The minimum absolute atomic E-state index is 0.00449. The maximum Gasteiger partial charge on any atom is 0.280 e. The first-order chi connectivity index (χ1) is 7.02. The van der Waals surface area contributed by atoms with Crippen molar-refractivity contribution in [2.45, 2.75) is 57.2 Å². The number of hydrogen-bond donors (Lipinski definition) is 1. The second-order valence-electron chi connectivity index (χ2n) is 4.65. The van der Waals surface area contributed by atoms with E-state index in [1.807, 2.05) is 13.8 Å². The molecule has 1 atom stereocenters. The van der Waals surface area contributed by atoms with E-state index >= 15 is 0 Å². The molecule has 0 bridgehead atoms. The topological polar surface area (TPSA) is 29.1 Å². The number of amides is 1.